The second kappa shape index (κ2) is 6.31. The molecular weight excluding hydrogens is 172 g/mol. The molecular formula is C8H18N2OS. The molecule has 1 amide bonds. The van der Waals surface area contributed by atoms with Crippen LogP contribution in [0.5, 0.6) is 0 Å². The van der Waals surface area contributed by atoms with Crippen LogP contribution in [0.25, 0.3) is 0 Å². The average Bonchev–Trinajstić information content (AvgIpc) is 2.03. The molecule has 0 heterocycles. The Kier molecular flexibility index (Phi) is 6.20. The fourth-order valence-electron chi connectivity index (χ4n) is 0.545. The third-order valence-electron chi connectivity index (χ3n) is 1.58. The first-order valence-electron chi connectivity index (χ1n) is 4.11. The van der Waals surface area contributed by atoms with Crippen molar-refractivity contribution in [3.63, 3.8) is 0 Å². The molecule has 1 unspecified atom stereocenters. The van der Waals surface area contributed by atoms with Crippen LogP contribution >= 0.6 is 11.8 Å². The number of rotatable bonds is 5. The van der Waals surface area contributed by atoms with Gasteiger partial charge in [-0.15, -0.1) is 0 Å². The predicted molar refractivity (Wildman–Crippen MR) is 54.3 cm³/mol. The van der Waals surface area contributed by atoms with Gasteiger partial charge in [0.2, 0.25) is 5.91 Å². The quantitative estimate of drug-likeness (QED) is 0.688. The molecule has 0 aromatic heterocycles. The summed E-state index contributed by atoms with van der Waals surface area (Å²) < 4.78 is 0. The van der Waals surface area contributed by atoms with Crippen molar-refractivity contribution >= 4 is 17.7 Å². The molecule has 4 heteroatoms. The number of carbonyl (C=O) groups is 1. The third-order valence-corrected chi connectivity index (χ3v) is 2.70. The predicted octanol–water partition coefficient (Wildman–Crippen LogP) is 0.545. The molecule has 0 radical (unpaired) electrons. The van der Waals surface area contributed by atoms with Crippen LogP contribution < -0.4 is 5.73 Å². The summed E-state index contributed by atoms with van der Waals surface area (Å²) in [6.45, 7) is 2.05. The van der Waals surface area contributed by atoms with Gasteiger partial charge in [-0.2, -0.15) is 11.8 Å². The van der Waals surface area contributed by atoms with Crippen LogP contribution in [0, 0.1) is 0 Å². The lowest BCUT2D eigenvalue weighted by Gasteiger charge is -2.11. The first kappa shape index (κ1) is 11.8. The van der Waals surface area contributed by atoms with E-state index in [1.165, 1.54) is 0 Å². The molecule has 0 aliphatic heterocycles. The number of nitrogens with two attached hydrogens (primary N) is 1. The Morgan fingerprint density at radius 2 is 2.17 bits per heavy atom. The maximum Gasteiger partial charge on any atom is 0.232 e. The molecule has 2 N–H and O–H groups in total. The molecule has 72 valence electrons. The minimum absolute atomic E-state index is 0.156. The van der Waals surface area contributed by atoms with E-state index in [2.05, 4.69) is 6.92 Å². The Balaban J connectivity index is 3.37. The van der Waals surface area contributed by atoms with Gasteiger partial charge in [-0.25, -0.2) is 0 Å². The molecule has 0 aromatic carbocycles. The smallest absolute Gasteiger partial charge is 0.232 e. The van der Waals surface area contributed by atoms with Crippen LogP contribution in [0.15, 0.2) is 0 Å². The van der Waals surface area contributed by atoms with Gasteiger partial charge in [0.1, 0.15) is 0 Å². The van der Waals surface area contributed by atoms with Gasteiger partial charge in [0.25, 0.3) is 0 Å². The molecule has 0 aliphatic carbocycles. The van der Waals surface area contributed by atoms with Gasteiger partial charge in [-0.3, -0.25) is 4.79 Å². The summed E-state index contributed by atoms with van der Waals surface area (Å²) in [6, 6.07) is 0.227. The summed E-state index contributed by atoms with van der Waals surface area (Å²) in [4.78, 5) is 12.7. The highest BCUT2D eigenvalue weighted by atomic mass is 32.2. The second-order valence-electron chi connectivity index (χ2n) is 2.97. The van der Waals surface area contributed by atoms with Crippen LogP contribution in [-0.2, 0) is 4.79 Å². The minimum Gasteiger partial charge on any atom is -0.348 e. The lowest BCUT2D eigenvalue weighted by atomic mass is 10.3. The molecule has 0 aliphatic rings. The fraction of sp³-hybridized carbons (Fsp3) is 0.875. The van der Waals surface area contributed by atoms with Crippen molar-refractivity contribution in [1.29, 1.82) is 0 Å². The van der Waals surface area contributed by atoms with Gasteiger partial charge in [-0.05, 0) is 6.42 Å². The summed E-state index contributed by atoms with van der Waals surface area (Å²) >= 11 is 1.61. The molecule has 0 spiro atoms. The Bertz CT molecular complexity index is 139. The highest BCUT2D eigenvalue weighted by Crippen LogP contribution is 2.04. The van der Waals surface area contributed by atoms with E-state index in [1.807, 2.05) is 0 Å². The van der Waals surface area contributed by atoms with Gasteiger partial charge in [-0.1, -0.05) is 6.92 Å². The van der Waals surface area contributed by atoms with E-state index in [9.17, 15) is 4.79 Å². The van der Waals surface area contributed by atoms with Crippen LogP contribution in [0.2, 0.25) is 0 Å². The molecule has 0 rings (SSSR count). The molecule has 1 atom stereocenters. The number of carbonyl (C=O) groups excluding carboxylic acids is 1. The lowest BCUT2D eigenvalue weighted by Crippen LogP contribution is -2.26. The topological polar surface area (TPSA) is 46.3 Å². The maximum absolute atomic E-state index is 11.1. The van der Waals surface area contributed by atoms with Crippen LogP contribution in [0.3, 0.4) is 0 Å². The molecule has 12 heavy (non-hydrogen) atoms. The Hall–Kier alpha value is -0.220. The Morgan fingerprint density at radius 3 is 2.58 bits per heavy atom. The van der Waals surface area contributed by atoms with Gasteiger partial charge in [0.15, 0.2) is 0 Å². The SMILES string of the molecule is CCC(N)CSCC(=O)N(C)C. The summed E-state index contributed by atoms with van der Waals surface area (Å²) in [5.41, 5.74) is 5.69. The highest BCUT2D eigenvalue weighted by Gasteiger charge is 2.05. The molecule has 0 bridgehead atoms. The number of hydrogen-bond acceptors (Lipinski definition) is 3. The largest absolute Gasteiger partial charge is 0.348 e. The zero-order valence-corrected chi connectivity index (χ0v) is 8.86. The highest BCUT2D eigenvalue weighted by molar-refractivity contribution is 7.99. The van der Waals surface area contributed by atoms with Crippen molar-refractivity contribution in [2.24, 2.45) is 5.73 Å². The molecule has 0 aromatic rings. The molecule has 0 saturated carbocycles. The van der Waals surface area contributed by atoms with Gasteiger partial charge < -0.3 is 10.6 Å². The molecule has 0 saturated heterocycles. The Labute approximate surface area is 78.7 Å². The monoisotopic (exact) mass is 190 g/mol. The summed E-state index contributed by atoms with van der Waals surface area (Å²) in [5, 5.41) is 0. The van der Waals surface area contributed by atoms with Crippen molar-refractivity contribution in [3.8, 4) is 0 Å². The van der Waals surface area contributed by atoms with E-state index in [0.717, 1.165) is 12.2 Å². The maximum atomic E-state index is 11.1. The zero-order valence-electron chi connectivity index (χ0n) is 8.04. The van der Waals surface area contributed by atoms with Crippen LogP contribution in [0.1, 0.15) is 13.3 Å². The van der Waals surface area contributed by atoms with Crippen molar-refractivity contribution < 1.29 is 4.79 Å². The van der Waals surface area contributed by atoms with E-state index in [1.54, 1.807) is 30.8 Å². The molecule has 0 fully saturated rings. The second-order valence-corrected chi connectivity index (χ2v) is 4.00. The van der Waals surface area contributed by atoms with Gasteiger partial charge in [0.05, 0.1) is 5.75 Å². The Morgan fingerprint density at radius 1 is 1.58 bits per heavy atom. The lowest BCUT2D eigenvalue weighted by molar-refractivity contribution is -0.125. The summed E-state index contributed by atoms with van der Waals surface area (Å²) in [6.07, 6.45) is 0.975. The standard InChI is InChI=1S/C8H18N2OS/c1-4-7(9)5-12-6-8(11)10(2)3/h7H,4-6,9H2,1-3H3. The van der Waals surface area contributed by atoms with Gasteiger partial charge >= 0.3 is 0 Å². The average molecular weight is 190 g/mol. The first-order chi connectivity index (χ1) is 5.57. The number of amides is 1. The van der Waals surface area contributed by atoms with E-state index >= 15 is 0 Å². The number of thioether (sulfide) groups is 1. The number of nitrogens with zero attached hydrogens (tertiary/aromatic N) is 1. The fourth-order valence-corrected chi connectivity index (χ4v) is 1.63. The zero-order chi connectivity index (χ0) is 9.56. The van der Waals surface area contributed by atoms with Crippen molar-refractivity contribution in [2.45, 2.75) is 19.4 Å². The van der Waals surface area contributed by atoms with Gasteiger partial charge in [0, 0.05) is 25.9 Å². The molecule has 3 nitrogen and oxygen atoms in total. The summed E-state index contributed by atoms with van der Waals surface area (Å²) in [5.74, 6) is 1.57. The van der Waals surface area contributed by atoms with Crippen molar-refractivity contribution in [1.82, 2.24) is 4.90 Å². The van der Waals surface area contributed by atoms with E-state index in [0.29, 0.717) is 5.75 Å². The van der Waals surface area contributed by atoms with E-state index < -0.39 is 0 Å². The van der Waals surface area contributed by atoms with E-state index in [4.69, 9.17) is 5.73 Å². The number of hydrogen-bond donors (Lipinski definition) is 1. The third kappa shape index (κ3) is 5.43. The van der Waals surface area contributed by atoms with Crippen LogP contribution in [0.4, 0.5) is 0 Å². The summed E-state index contributed by atoms with van der Waals surface area (Å²) in [7, 11) is 3.53. The van der Waals surface area contributed by atoms with Crippen molar-refractivity contribution in [2.75, 3.05) is 25.6 Å². The first-order valence-corrected chi connectivity index (χ1v) is 5.26. The normalized spacial score (nSPS) is 12.7. The van der Waals surface area contributed by atoms with Crippen LogP contribution in [-0.4, -0.2) is 42.4 Å². The van der Waals surface area contributed by atoms with E-state index in [-0.39, 0.29) is 11.9 Å². The minimum atomic E-state index is 0.156. The van der Waals surface area contributed by atoms with Crippen molar-refractivity contribution in [3.05, 3.63) is 0 Å².